The first-order chi connectivity index (χ1) is 11.1. The number of para-hydroxylation sites is 1. The molecule has 2 nitrogen and oxygen atoms in total. The van der Waals surface area contributed by atoms with E-state index in [0.29, 0.717) is 16.9 Å². The molecule has 1 aliphatic carbocycles. The van der Waals surface area contributed by atoms with Gasteiger partial charge >= 0.3 is 0 Å². The van der Waals surface area contributed by atoms with E-state index in [0.717, 1.165) is 0 Å². The number of hydrogen-bond donors (Lipinski definition) is 2. The molecule has 23 heavy (non-hydrogen) atoms. The molecule has 0 bridgehead atoms. The maximum absolute atomic E-state index is 9.24. The molecule has 2 N–H and O–H groups in total. The minimum atomic E-state index is 0.322. The summed E-state index contributed by atoms with van der Waals surface area (Å²) in [5.41, 5.74) is 1.74. The highest BCUT2D eigenvalue weighted by atomic mass is 16.3. The van der Waals surface area contributed by atoms with Gasteiger partial charge in [0.2, 0.25) is 0 Å². The molecule has 126 valence electrons. The summed E-state index contributed by atoms with van der Waals surface area (Å²) in [6.45, 7) is 6.35. The second-order valence-electron chi connectivity index (χ2n) is 6.00. The number of rotatable bonds is 1. The van der Waals surface area contributed by atoms with Crippen molar-refractivity contribution in [3.05, 3.63) is 60.2 Å². The van der Waals surface area contributed by atoms with Crippen LogP contribution in [0.4, 0.5) is 0 Å². The first-order valence-electron chi connectivity index (χ1n) is 8.64. The third-order valence-corrected chi connectivity index (χ3v) is 4.28. The van der Waals surface area contributed by atoms with E-state index in [-0.39, 0.29) is 0 Å². The summed E-state index contributed by atoms with van der Waals surface area (Å²) in [5, 5.41) is 17.9. The molecule has 0 atom stereocenters. The Morgan fingerprint density at radius 2 is 1.17 bits per heavy atom. The summed E-state index contributed by atoms with van der Waals surface area (Å²) in [6, 6.07) is 16.5. The van der Waals surface area contributed by atoms with E-state index in [1.165, 1.54) is 37.7 Å². The highest BCUT2D eigenvalue weighted by Gasteiger charge is 2.28. The molecule has 0 radical (unpaired) electrons. The van der Waals surface area contributed by atoms with Crippen molar-refractivity contribution in [2.24, 2.45) is 0 Å². The third kappa shape index (κ3) is 6.35. The molecule has 0 unspecified atom stereocenters. The Bertz CT molecular complexity index is 526. The molecule has 1 saturated carbocycles. The molecular formula is C21H30O2. The van der Waals surface area contributed by atoms with Gasteiger partial charge in [-0.25, -0.2) is 0 Å². The van der Waals surface area contributed by atoms with E-state index in [1.54, 1.807) is 36.4 Å². The number of hydrogen-bond acceptors (Lipinski definition) is 2. The van der Waals surface area contributed by atoms with Gasteiger partial charge in [-0.15, -0.1) is 0 Å². The Morgan fingerprint density at radius 1 is 0.696 bits per heavy atom. The Hall–Kier alpha value is -1.96. The van der Waals surface area contributed by atoms with Crippen molar-refractivity contribution in [3.8, 4) is 11.5 Å². The van der Waals surface area contributed by atoms with E-state index in [2.05, 4.69) is 19.1 Å². The lowest BCUT2D eigenvalue weighted by molar-refractivity contribution is 0.319. The van der Waals surface area contributed by atoms with Crippen LogP contribution in [-0.4, -0.2) is 10.2 Å². The SMILES string of the molecule is CC.CC1(c2ccc(O)cc2)CCCCC1.Oc1ccccc1. The zero-order valence-electron chi connectivity index (χ0n) is 14.6. The van der Waals surface area contributed by atoms with Crippen LogP contribution in [0.1, 0.15) is 58.4 Å². The van der Waals surface area contributed by atoms with Crippen LogP contribution < -0.4 is 0 Å². The Morgan fingerprint density at radius 3 is 1.61 bits per heavy atom. The van der Waals surface area contributed by atoms with Crippen molar-refractivity contribution >= 4 is 0 Å². The zero-order chi connectivity index (χ0) is 17.1. The summed E-state index contributed by atoms with van der Waals surface area (Å²) in [5.74, 6) is 0.690. The summed E-state index contributed by atoms with van der Waals surface area (Å²) < 4.78 is 0. The van der Waals surface area contributed by atoms with Crippen LogP contribution in [-0.2, 0) is 5.41 Å². The van der Waals surface area contributed by atoms with Crippen LogP contribution in [0.25, 0.3) is 0 Å². The lowest BCUT2D eigenvalue weighted by Crippen LogP contribution is -2.24. The molecule has 1 aliphatic rings. The molecule has 0 saturated heterocycles. The van der Waals surface area contributed by atoms with Gasteiger partial charge in [0.1, 0.15) is 11.5 Å². The molecule has 0 heterocycles. The van der Waals surface area contributed by atoms with E-state index in [9.17, 15) is 5.11 Å². The van der Waals surface area contributed by atoms with Gasteiger partial charge in [0.15, 0.2) is 0 Å². The molecule has 0 aliphatic heterocycles. The first-order valence-corrected chi connectivity index (χ1v) is 8.64. The van der Waals surface area contributed by atoms with Gasteiger partial charge < -0.3 is 10.2 Å². The summed E-state index contributed by atoms with van der Waals surface area (Å²) >= 11 is 0. The Balaban J connectivity index is 0.000000247. The molecule has 3 rings (SSSR count). The lowest BCUT2D eigenvalue weighted by Gasteiger charge is -2.34. The fourth-order valence-electron chi connectivity index (χ4n) is 2.91. The molecule has 1 fully saturated rings. The molecule has 0 amide bonds. The van der Waals surface area contributed by atoms with Gasteiger partial charge in [0.25, 0.3) is 0 Å². The largest absolute Gasteiger partial charge is 0.508 e. The predicted octanol–water partition coefficient (Wildman–Crippen LogP) is 6.03. The van der Waals surface area contributed by atoms with Crippen molar-refractivity contribution < 1.29 is 10.2 Å². The summed E-state index contributed by atoms with van der Waals surface area (Å²) in [4.78, 5) is 0. The molecular weight excluding hydrogens is 284 g/mol. The smallest absolute Gasteiger partial charge is 0.115 e. The molecule has 2 aromatic carbocycles. The van der Waals surface area contributed by atoms with Crippen molar-refractivity contribution in [3.63, 3.8) is 0 Å². The zero-order valence-corrected chi connectivity index (χ0v) is 14.6. The second kappa shape index (κ2) is 9.94. The predicted molar refractivity (Wildman–Crippen MR) is 98.0 cm³/mol. The van der Waals surface area contributed by atoms with Gasteiger partial charge in [-0.3, -0.25) is 0 Å². The van der Waals surface area contributed by atoms with Crippen LogP contribution in [0.15, 0.2) is 54.6 Å². The van der Waals surface area contributed by atoms with Gasteiger partial charge in [0.05, 0.1) is 0 Å². The summed E-state index contributed by atoms with van der Waals surface area (Å²) in [6.07, 6.45) is 6.65. The fraction of sp³-hybridized carbons (Fsp3) is 0.429. The highest BCUT2D eigenvalue weighted by Crippen LogP contribution is 2.39. The van der Waals surface area contributed by atoms with Gasteiger partial charge in [0, 0.05) is 0 Å². The molecule has 2 heteroatoms. The number of benzene rings is 2. The van der Waals surface area contributed by atoms with Gasteiger partial charge in [-0.05, 0) is 48.1 Å². The van der Waals surface area contributed by atoms with Gasteiger partial charge in [-0.1, -0.05) is 70.4 Å². The standard InChI is InChI=1S/C13H18O.C6H6O.C2H6/c1-13(9-3-2-4-10-13)11-5-7-12(14)8-6-11;7-6-4-2-1-3-5-6;1-2/h5-8,14H,2-4,9-10H2,1H3;1-5,7H;1-2H3. The van der Waals surface area contributed by atoms with Crippen LogP contribution in [0.2, 0.25) is 0 Å². The Labute approximate surface area is 140 Å². The Kier molecular flexibility index (Phi) is 8.25. The van der Waals surface area contributed by atoms with E-state index in [1.807, 2.05) is 19.9 Å². The van der Waals surface area contributed by atoms with Crippen LogP contribution in [0.5, 0.6) is 11.5 Å². The first kappa shape index (κ1) is 19.1. The molecule has 2 aromatic rings. The number of aromatic hydroxyl groups is 2. The van der Waals surface area contributed by atoms with Crippen molar-refractivity contribution in [1.29, 1.82) is 0 Å². The van der Waals surface area contributed by atoms with Gasteiger partial charge in [-0.2, -0.15) is 0 Å². The van der Waals surface area contributed by atoms with E-state index in [4.69, 9.17) is 5.11 Å². The van der Waals surface area contributed by atoms with Crippen LogP contribution >= 0.6 is 0 Å². The maximum Gasteiger partial charge on any atom is 0.115 e. The van der Waals surface area contributed by atoms with Crippen molar-refractivity contribution in [1.82, 2.24) is 0 Å². The monoisotopic (exact) mass is 314 g/mol. The molecule has 0 spiro atoms. The quantitative estimate of drug-likeness (QED) is 0.674. The van der Waals surface area contributed by atoms with Crippen LogP contribution in [0, 0.1) is 0 Å². The highest BCUT2D eigenvalue weighted by molar-refractivity contribution is 5.31. The number of phenols is 2. The maximum atomic E-state index is 9.24. The van der Waals surface area contributed by atoms with E-state index < -0.39 is 0 Å². The van der Waals surface area contributed by atoms with Crippen LogP contribution in [0.3, 0.4) is 0 Å². The third-order valence-electron chi connectivity index (χ3n) is 4.28. The number of phenolic OH excluding ortho intramolecular Hbond substituents is 2. The summed E-state index contributed by atoms with van der Waals surface area (Å²) in [7, 11) is 0. The van der Waals surface area contributed by atoms with E-state index >= 15 is 0 Å². The molecule has 0 aromatic heterocycles. The minimum Gasteiger partial charge on any atom is -0.508 e. The van der Waals surface area contributed by atoms with Crippen molar-refractivity contribution in [2.75, 3.05) is 0 Å². The lowest BCUT2D eigenvalue weighted by atomic mass is 9.71. The van der Waals surface area contributed by atoms with Crippen molar-refractivity contribution in [2.45, 2.75) is 58.3 Å². The normalized spacial score (nSPS) is 15.4. The minimum absolute atomic E-state index is 0.322. The average molecular weight is 314 g/mol. The fourth-order valence-corrected chi connectivity index (χ4v) is 2.91. The second-order valence-corrected chi connectivity index (χ2v) is 6.00. The topological polar surface area (TPSA) is 40.5 Å². The average Bonchev–Trinajstić information content (AvgIpc) is 2.59.